The molecule has 0 aliphatic rings. The zero-order valence-electron chi connectivity index (χ0n) is 11.1. The highest BCUT2D eigenvalue weighted by Gasteiger charge is 2.19. The highest BCUT2D eigenvalue weighted by Crippen LogP contribution is 2.22. The molecule has 5 heteroatoms. The van der Waals surface area contributed by atoms with E-state index in [-0.39, 0.29) is 17.1 Å². The molecule has 0 unspecified atom stereocenters. The number of carbonyl (C=O) groups excluding carboxylic acids is 1. The number of halogens is 3. The molecule has 1 amide bonds. The highest BCUT2D eigenvalue weighted by molar-refractivity contribution is 14.1. The van der Waals surface area contributed by atoms with E-state index in [0.717, 1.165) is 12.8 Å². The van der Waals surface area contributed by atoms with Gasteiger partial charge < -0.3 is 5.32 Å². The first kappa shape index (κ1) is 16.7. The Morgan fingerprint density at radius 1 is 1.47 bits per heavy atom. The molecule has 0 aromatic heterocycles. The predicted molar refractivity (Wildman–Crippen MR) is 85.2 cm³/mol. The maximum Gasteiger partial charge on any atom is 0.252 e. The van der Waals surface area contributed by atoms with Crippen molar-refractivity contribution in [3.8, 4) is 0 Å². The summed E-state index contributed by atoms with van der Waals surface area (Å²) in [5.74, 6) is 0.138. The number of carbonyl (C=O) groups is 1. The first-order valence-corrected chi connectivity index (χ1v) is 7.76. The molecule has 1 rings (SSSR count). The Labute approximate surface area is 132 Å². The van der Waals surface area contributed by atoms with E-state index in [1.807, 2.05) is 22.6 Å². The van der Waals surface area contributed by atoms with Gasteiger partial charge >= 0.3 is 0 Å². The second kappa shape index (κ2) is 7.43. The number of amides is 1. The lowest BCUT2D eigenvalue weighted by atomic mass is 9.88. The van der Waals surface area contributed by atoms with E-state index < -0.39 is 0 Å². The van der Waals surface area contributed by atoms with Crippen LogP contribution in [0.1, 0.15) is 37.0 Å². The average molecular weight is 398 g/mol. The van der Waals surface area contributed by atoms with Crippen molar-refractivity contribution in [3.63, 3.8) is 0 Å². The van der Waals surface area contributed by atoms with Crippen molar-refractivity contribution in [2.45, 2.75) is 26.7 Å². The topological polar surface area (TPSA) is 29.1 Å². The second-order valence-corrected chi connectivity index (χ2v) is 6.80. The molecule has 1 aromatic rings. The summed E-state index contributed by atoms with van der Waals surface area (Å²) in [6, 6.07) is 4.17. The average Bonchev–Trinajstić information content (AvgIpc) is 2.34. The Bertz CT molecular complexity index is 451. The van der Waals surface area contributed by atoms with Crippen molar-refractivity contribution < 1.29 is 9.18 Å². The zero-order valence-corrected chi connectivity index (χ0v) is 14.0. The van der Waals surface area contributed by atoms with Crippen LogP contribution in [0.2, 0.25) is 0 Å². The summed E-state index contributed by atoms with van der Waals surface area (Å²) in [4.78, 5) is 12.0. The summed E-state index contributed by atoms with van der Waals surface area (Å²) < 4.78 is 13.6. The number of nitrogens with one attached hydrogen (secondary N) is 1. The maximum absolute atomic E-state index is 13.0. The molecule has 0 aliphatic heterocycles. The third-order valence-electron chi connectivity index (χ3n) is 2.89. The minimum Gasteiger partial charge on any atom is -0.351 e. The normalized spacial score (nSPS) is 11.4. The summed E-state index contributed by atoms with van der Waals surface area (Å²) in [5.41, 5.74) is 0.519. The standard InChI is InChI=1S/C14H18ClFINO/c1-14(2,6-3-7-15)9-18-13(19)11-5-4-10(16)8-12(11)17/h4-5,8H,3,6-7,9H2,1-2H3,(H,18,19). The highest BCUT2D eigenvalue weighted by atomic mass is 127. The van der Waals surface area contributed by atoms with Crippen LogP contribution < -0.4 is 5.32 Å². The van der Waals surface area contributed by atoms with Gasteiger partial charge in [-0.25, -0.2) is 4.39 Å². The fourth-order valence-electron chi connectivity index (χ4n) is 1.72. The monoisotopic (exact) mass is 397 g/mol. The van der Waals surface area contributed by atoms with Crippen molar-refractivity contribution in [1.29, 1.82) is 0 Å². The summed E-state index contributed by atoms with van der Waals surface area (Å²) >= 11 is 7.64. The van der Waals surface area contributed by atoms with Crippen LogP contribution in [0.5, 0.6) is 0 Å². The molecule has 0 radical (unpaired) electrons. The second-order valence-electron chi connectivity index (χ2n) is 5.26. The van der Waals surface area contributed by atoms with E-state index in [0.29, 0.717) is 21.6 Å². The molecule has 106 valence electrons. The lowest BCUT2D eigenvalue weighted by Gasteiger charge is -2.24. The van der Waals surface area contributed by atoms with Crippen LogP contribution in [0.3, 0.4) is 0 Å². The van der Waals surface area contributed by atoms with Gasteiger partial charge in [-0.2, -0.15) is 0 Å². The van der Waals surface area contributed by atoms with Gasteiger partial charge in [0.25, 0.3) is 5.91 Å². The first-order valence-electron chi connectivity index (χ1n) is 6.15. The van der Waals surface area contributed by atoms with E-state index in [9.17, 15) is 9.18 Å². The third kappa shape index (κ3) is 5.65. The molecule has 1 N–H and O–H groups in total. The van der Waals surface area contributed by atoms with Gasteiger partial charge in [-0.3, -0.25) is 4.79 Å². The molecule has 19 heavy (non-hydrogen) atoms. The van der Waals surface area contributed by atoms with Crippen LogP contribution in [-0.4, -0.2) is 18.3 Å². The van der Waals surface area contributed by atoms with Gasteiger partial charge in [-0.1, -0.05) is 13.8 Å². The van der Waals surface area contributed by atoms with Crippen molar-refractivity contribution in [3.05, 3.63) is 33.1 Å². The Hall–Kier alpha value is -0.360. The summed E-state index contributed by atoms with van der Waals surface area (Å²) in [6.07, 6.45) is 1.88. The van der Waals surface area contributed by atoms with E-state index >= 15 is 0 Å². The van der Waals surface area contributed by atoms with Crippen molar-refractivity contribution in [2.75, 3.05) is 12.4 Å². The summed E-state index contributed by atoms with van der Waals surface area (Å²) in [5, 5.41) is 2.90. The molecule has 0 heterocycles. The van der Waals surface area contributed by atoms with Gasteiger partial charge in [0.15, 0.2) is 0 Å². The first-order chi connectivity index (χ1) is 8.85. The van der Waals surface area contributed by atoms with Gasteiger partial charge in [-0.05, 0) is 59.0 Å². The Morgan fingerprint density at radius 3 is 2.74 bits per heavy atom. The molecule has 0 saturated carbocycles. The molecule has 0 spiro atoms. The predicted octanol–water partition coefficient (Wildman–Crippen LogP) is 4.21. The van der Waals surface area contributed by atoms with Crippen molar-refractivity contribution in [1.82, 2.24) is 5.32 Å². The van der Waals surface area contributed by atoms with Gasteiger partial charge in [0, 0.05) is 16.0 Å². The van der Waals surface area contributed by atoms with Crippen LogP contribution >= 0.6 is 34.2 Å². The quantitative estimate of drug-likeness (QED) is 0.565. The van der Waals surface area contributed by atoms with Crippen LogP contribution in [0.25, 0.3) is 0 Å². The zero-order chi connectivity index (χ0) is 14.5. The summed E-state index contributed by atoms with van der Waals surface area (Å²) in [7, 11) is 0. The molecule has 0 bridgehead atoms. The fourth-order valence-corrected chi connectivity index (χ4v) is 2.58. The number of hydrogen-bond donors (Lipinski definition) is 1. The molecule has 0 aliphatic carbocycles. The molecular weight excluding hydrogens is 380 g/mol. The van der Waals surface area contributed by atoms with Crippen LogP contribution in [0.15, 0.2) is 18.2 Å². The van der Waals surface area contributed by atoms with Gasteiger partial charge in [0.2, 0.25) is 0 Å². The van der Waals surface area contributed by atoms with Gasteiger partial charge in [0.05, 0.1) is 5.56 Å². The fraction of sp³-hybridized carbons (Fsp3) is 0.500. The Balaban J connectivity index is 2.60. The van der Waals surface area contributed by atoms with Crippen LogP contribution in [-0.2, 0) is 0 Å². The SMILES string of the molecule is CC(C)(CCCCl)CNC(=O)c1ccc(F)cc1I. The number of benzene rings is 1. The smallest absolute Gasteiger partial charge is 0.252 e. The van der Waals surface area contributed by atoms with Crippen LogP contribution in [0, 0.1) is 14.8 Å². The van der Waals surface area contributed by atoms with E-state index in [2.05, 4.69) is 19.2 Å². The number of alkyl halides is 1. The summed E-state index contributed by atoms with van der Waals surface area (Å²) in [6.45, 7) is 4.76. The largest absolute Gasteiger partial charge is 0.351 e. The third-order valence-corrected chi connectivity index (χ3v) is 4.05. The minimum absolute atomic E-state index is 0.00994. The molecule has 1 aromatic carbocycles. The minimum atomic E-state index is -0.330. The number of rotatable bonds is 6. The van der Waals surface area contributed by atoms with Crippen molar-refractivity contribution >= 4 is 40.1 Å². The lowest BCUT2D eigenvalue weighted by molar-refractivity contribution is 0.0933. The molecular formula is C14H18ClFINO. The molecule has 2 nitrogen and oxygen atoms in total. The van der Waals surface area contributed by atoms with E-state index in [1.54, 1.807) is 0 Å². The molecule has 0 fully saturated rings. The van der Waals surface area contributed by atoms with Gasteiger partial charge in [0.1, 0.15) is 5.82 Å². The Morgan fingerprint density at radius 2 is 2.16 bits per heavy atom. The van der Waals surface area contributed by atoms with E-state index in [4.69, 9.17) is 11.6 Å². The van der Waals surface area contributed by atoms with Gasteiger partial charge in [-0.15, -0.1) is 11.6 Å². The molecule has 0 saturated heterocycles. The maximum atomic E-state index is 13.0. The number of hydrogen-bond acceptors (Lipinski definition) is 1. The lowest BCUT2D eigenvalue weighted by Crippen LogP contribution is -2.34. The van der Waals surface area contributed by atoms with Crippen molar-refractivity contribution in [2.24, 2.45) is 5.41 Å². The Kier molecular flexibility index (Phi) is 6.53. The van der Waals surface area contributed by atoms with Crippen LogP contribution in [0.4, 0.5) is 4.39 Å². The van der Waals surface area contributed by atoms with E-state index in [1.165, 1.54) is 18.2 Å². The molecule has 0 atom stereocenters.